The molecule has 0 fully saturated rings. The number of halogens is 3. The number of alkyl halides is 3. The van der Waals surface area contributed by atoms with Crippen LogP contribution in [0.4, 0.5) is 18.9 Å². The third-order valence-corrected chi connectivity index (χ3v) is 6.32. The molecule has 182 valence electrons. The van der Waals surface area contributed by atoms with E-state index in [9.17, 15) is 31.5 Å². The molecule has 1 aromatic heterocycles. The largest absolute Gasteiger partial charge is 0.417 e. The first-order chi connectivity index (χ1) is 15.8. The van der Waals surface area contributed by atoms with Crippen LogP contribution in [0.15, 0.2) is 59.6 Å². The van der Waals surface area contributed by atoms with Gasteiger partial charge in [0.1, 0.15) is 0 Å². The second-order valence-electron chi connectivity index (χ2n) is 7.65. The van der Waals surface area contributed by atoms with Crippen LogP contribution < -0.4 is 5.32 Å². The van der Waals surface area contributed by atoms with E-state index in [0.29, 0.717) is 5.69 Å². The molecule has 11 heteroatoms. The number of sulfone groups is 1. The fourth-order valence-electron chi connectivity index (χ4n) is 3.58. The highest BCUT2D eigenvalue weighted by atomic mass is 32.2. The Balaban J connectivity index is 2.08. The van der Waals surface area contributed by atoms with Gasteiger partial charge < -0.3 is 19.7 Å². The summed E-state index contributed by atoms with van der Waals surface area (Å²) in [6.45, 7) is 1.27. The summed E-state index contributed by atoms with van der Waals surface area (Å²) >= 11 is 0. The van der Waals surface area contributed by atoms with Gasteiger partial charge in [0.15, 0.2) is 16.1 Å². The van der Waals surface area contributed by atoms with Crippen LogP contribution in [0.25, 0.3) is 11.3 Å². The van der Waals surface area contributed by atoms with Crippen LogP contribution in [0.2, 0.25) is 0 Å². The van der Waals surface area contributed by atoms with Crippen molar-refractivity contribution in [1.29, 1.82) is 0 Å². The Morgan fingerprint density at radius 2 is 1.76 bits per heavy atom. The Kier molecular flexibility index (Phi) is 7.20. The molecule has 7 nitrogen and oxygen atoms in total. The average Bonchev–Trinajstić information content (AvgIpc) is 3.10. The summed E-state index contributed by atoms with van der Waals surface area (Å²) in [6.07, 6.45) is -3.69. The molecular formula is C23H23F3N2O5S. The van der Waals surface area contributed by atoms with Crippen LogP contribution in [0.5, 0.6) is 0 Å². The minimum Gasteiger partial charge on any atom is -0.380 e. The minimum absolute atomic E-state index is 0.0232. The van der Waals surface area contributed by atoms with E-state index in [2.05, 4.69) is 5.32 Å². The number of hydrogen-bond donors (Lipinski definition) is 2. The van der Waals surface area contributed by atoms with Crippen LogP contribution >= 0.6 is 0 Å². The molecule has 0 aliphatic rings. The quantitative estimate of drug-likeness (QED) is 0.509. The first-order valence-corrected chi connectivity index (χ1v) is 11.9. The van der Waals surface area contributed by atoms with Gasteiger partial charge in [0.25, 0.3) is 5.91 Å². The van der Waals surface area contributed by atoms with Gasteiger partial charge in [-0.1, -0.05) is 18.2 Å². The molecule has 34 heavy (non-hydrogen) atoms. The summed E-state index contributed by atoms with van der Waals surface area (Å²) in [6, 6.07) is 10.4. The topological polar surface area (TPSA) is 97.6 Å². The number of carbonyl (C=O) groups is 1. The van der Waals surface area contributed by atoms with E-state index in [1.54, 1.807) is 0 Å². The van der Waals surface area contributed by atoms with Gasteiger partial charge in [-0.15, -0.1) is 0 Å². The van der Waals surface area contributed by atoms with Gasteiger partial charge in [0.2, 0.25) is 0 Å². The van der Waals surface area contributed by atoms with Crippen molar-refractivity contribution < 1.29 is 36.2 Å². The van der Waals surface area contributed by atoms with E-state index in [-0.39, 0.29) is 33.9 Å². The molecule has 1 heterocycles. The number of methoxy groups -OCH3 is 1. The molecule has 1 unspecified atom stereocenters. The molecule has 0 spiro atoms. The summed E-state index contributed by atoms with van der Waals surface area (Å²) in [4.78, 5) is 13.1. The number of aliphatic hydroxyl groups is 1. The van der Waals surface area contributed by atoms with E-state index in [1.165, 1.54) is 67.3 Å². The number of carbonyl (C=O) groups excluding carboxylic acids is 1. The van der Waals surface area contributed by atoms with Crippen molar-refractivity contribution in [3.63, 3.8) is 0 Å². The summed E-state index contributed by atoms with van der Waals surface area (Å²) < 4.78 is 70.4. The van der Waals surface area contributed by atoms with Gasteiger partial charge in [-0.05, 0) is 42.8 Å². The Bertz CT molecular complexity index is 1300. The van der Waals surface area contributed by atoms with Crippen LogP contribution in [-0.4, -0.2) is 44.0 Å². The molecule has 2 aromatic carbocycles. The smallest absolute Gasteiger partial charge is 0.380 e. The molecule has 3 rings (SSSR count). The summed E-state index contributed by atoms with van der Waals surface area (Å²) in [5.41, 5.74) is -0.537. The third-order valence-electron chi connectivity index (χ3n) is 5.19. The average molecular weight is 497 g/mol. The molecule has 0 aliphatic heterocycles. The van der Waals surface area contributed by atoms with Crippen LogP contribution in [0.1, 0.15) is 27.7 Å². The monoisotopic (exact) mass is 496 g/mol. The molecule has 0 saturated carbocycles. The standard InChI is InChI=1S/C23H23F3N2O5S/c1-14-18(22(30)27-15-8-10-16(11-9-15)34(3,31)32)12-28(20(29)13-33-2)21(14)17-6-4-5-7-19(17)23(24,25)26/h4-12,20,29H,13H2,1-3H3,(H,27,30). The van der Waals surface area contributed by atoms with Crippen molar-refractivity contribution in [2.24, 2.45) is 0 Å². The zero-order valence-electron chi connectivity index (χ0n) is 18.6. The molecular weight excluding hydrogens is 473 g/mol. The summed E-state index contributed by atoms with van der Waals surface area (Å²) in [5.74, 6) is -0.640. The lowest BCUT2D eigenvalue weighted by Gasteiger charge is -2.19. The maximum absolute atomic E-state index is 13.7. The van der Waals surface area contributed by atoms with Gasteiger partial charge in [-0.3, -0.25) is 4.79 Å². The SMILES string of the molecule is COCC(O)n1cc(C(=O)Nc2ccc(S(C)(=O)=O)cc2)c(C)c1-c1ccccc1C(F)(F)F. The highest BCUT2D eigenvalue weighted by Gasteiger charge is 2.35. The normalized spacial score (nSPS) is 13.0. The number of benzene rings is 2. The van der Waals surface area contributed by atoms with E-state index in [1.807, 2.05) is 0 Å². The van der Waals surface area contributed by atoms with Crippen molar-refractivity contribution in [3.05, 3.63) is 71.4 Å². The molecule has 3 aromatic rings. The second kappa shape index (κ2) is 9.61. The van der Waals surface area contributed by atoms with E-state index >= 15 is 0 Å². The maximum Gasteiger partial charge on any atom is 0.417 e. The second-order valence-corrected chi connectivity index (χ2v) is 9.67. The number of amides is 1. The van der Waals surface area contributed by atoms with Gasteiger partial charge in [-0.25, -0.2) is 8.42 Å². The number of aliphatic hydroxyl groups excluding tert-OH is 1. The first kappa shape index (κ1) is 25.5. The molecule has 1 atom stereocenters. The Morgan fingerprint density at radius 1 is 1.15 bits per heavy atom. The zero-order valence-corrected chi connectivity index (χ0v) is 19.4. The van der Waals surface area contributed by atoms with Crippen molar-refractivity contribution in [2.75, 3.05) is 25.3 Å². The van der Waals surface area contributed by atoms with Crippen molar-refractivity contribution in [3.8, 4) is 11.3 Å². The van der Waals surface area contributed by atoms with Crippen LogP contribution in [0, 0.1) is 6.92 Å². The van der Waals surface area contributed by atoms with Gasteiger partial charge in [0.05, 0.1) is 28.3 Å². The fourth-order valence-corrected chi connectivity index (χ4v) is 4.21. The lowest BCUT2D eigenvalue weighted by atomic mass is 10.00. The third kappa shape index (κ3) is 5.32. The number of ether oxygens (including phenoxy) is 1. The molecule has 0 bridgehead atoms. The number of nitrogens with one attached hydrogen (secondary N) is 1. The number of nitrogens with zero attached hydrogens (tertiary/aromatic N) is 1. The molecule has 0 radical (unpaired) electrons. The molecule has 0 aliphatic carbocycles. The number of aromatic nitrogens is 1. The zero-order chi connectivity index (χ0) is 25.3. The Labute approximate surface area is 194 Å². The highest BCUT2D eigenvalue weighted by molar-refractivity contribution is 7.90. The van der Waals surface area contributed by atoms with Crippen molar-refractivity contribution in [2.45, 2.75) is 24.2 Å². The lowest BCUT2D eigenvalue weighted by molar-refractivity contribution is -0.137. The predicted octanol–water partition coefficient (Wildman–Crippen LogP) is 4.28. The number of hydrogen-bond acceptors (Lipinski definition) is 5. The van der Waals surface area contributed by atoms with Gasteiger partial charge >= 0.3 is 6.18 Å². The first-order valence-electron chi connectivity index (χ1n) is 10.0. The number of rotatable bonds is 7. The number of anilines is 1. The molecule has 2 N–H and O–H groups in total. The molecule has 1 amide bonds. The fraction of sp³-hybridized carbons (Fsp3) is 0.261. The van der Waals surface area contributed by atoms with E-state index < -0.39 is 33.7 Å². The summed E-state index contributed by atoms with van der Waals surface area (Å²) in [7, 11) is -2.09. The molecule has 0 saturated heterocycles. The predicted molar refractivity (Wildman–Crippen MR) is 120 cm³/mol. The van der Waals surface area contributed by atoms with Crippen molar-refractivity contribution >= 4 is 21.4 Å². The highest BCUT2D eigenvalue weighted by Crippen LogP contribution is 2.40. The van der Waals surface area contributed by atoms with Crippen LogP contribution in [0.3, 0.4) is 0 Å². The van der Waals surface area contributed by atoms with Gasteiger partial charge in [-0.2, -0.15) is 13.2 Å². The van der Waals surface area contributed by atoms with Crippen molar-refractivity contribution in [1.82, 2.24) is 4.57 Å². The lowest BCUT2D eigenvalue weighted by Crippen LogP contribution is -2.16. The maximum atomic E-state index is 13.7. The van der Waals surface area contributed by atoms with E-state index in [0.717, 1.165) is 12.3 Å². The Morgan fingerprint density at radius 3 is 2.32 bits per heavy atom. The summed E-state index contributed by atoms with van der Waals surface area (Å²) in [5, 5.41) is 13.1. The minimum atomic E-state index is -4.66. The van der Waals surface area contributed by atoms with Crippen LogP contribution in [-0.2, 0) is 20.8 Å². The van der Waals surface area contributed by atoms with E-state index in [4.69, 9.17) is 4.74 Å². The van der Waals surface area contributed by atoms with Gasteiger partial charge in [0, 0.05) is 30.8 Å². The Hall–Kier alpha value is -3.15.